The van der Waals surface area contributed by atoms with Gasteiger partial charge in [0, 0.05) is 35.1 Å². The molecule has 3 heterocycles. The summed E-state index contributed by atoms with van der Waals surface area (Å²) in [4.78, 5) is 15.1. The summed E-state index contributed by atoms with van der Waals surface area (Å²) in [6, 6.07) is 18.1. The van der Waals surface area contributed by atoms with E-state index in [0.29, 0.717) is 11.5 Å². The van der Waals surface area contributed by atoms with Crippen LogP contribution in [-0.4, -0.2) is 40.7 Å². The van der Waals surface area contributed by atoms with Gasteiger partial charge < -0.3 is 14.4 Å². The van der Waals surface area contributed by atoms with E-state index < -0.39 is 5.97 Å². The zero-order valence-corrected chi connectivity index (χ0v) is 20.3. The van der Waals surface area contributed by atoms with E-state index in [1.54, 1.807) is 19.2 Å². The molecular formula is C28H30N2O3S. The number of carbonyl (C=O) groups is 1. The Bertz CT molecular complexity index is 1270. The van der Waals surface area contributed by atoms with Crippen LogP contribution in [0.15, 0.2) is 66.2 Å². The number of aromatic nitrogens is 1. The molecule has 0 aliphatic carbocycles. The average molecular weight is 475 g/mol. The molecule has 6 heteroatoms. The lowest BCUT2D eigenvalue weighted by Gasteiger charge is -2.32. The summed E-state index contributed by atoms with van der Waals surface area (Å²) in [6.45, 7) is 3.79. The maximum atomic E-state index is 11.3. The van der Waals surface area contributed by atoms with Crippen molar-refractivity contribution in [1.29, 1.82) is 0 Å². The molecule has 0 atom stereocenters. The first-order valence-electron chi connectivity index (χ1n) is 11.8. The smallest absolute Gasteiger partial charge is 0.335 e. The second kappa shape index (κ2) is 10.0. The molecule has 0 bridgehead atoms. The molecule has 1 fully saturated rings. The highest BCUT2D eigenvalue weighted by molar-refractivity contribution is 7.09. The third-order valence-corrected chi connectivity index (χ3v) is 7.84. The Labute approximate surface area is 204 Å². The number of hydrogen-bond donors (Lipinski definition) is 1. The van der Waals surface area contributed by atoms with E-state index in [-0.39, 0.29) is 0 Å². The molecule has 0 spiro atoms. The van der Waals surface area contributed by atoms with Gasteiger partial charge in [0.05, 0.1) is 12.7 Å². The number of aryl methyl sites for hydroxylation is 2. The predicted octanol–water partition coefficient (Wildman–Crippen LogP) is 6.03. The third kappa shape index (κ3) is 4.88. The number of benzene rings is 2. The van der Waals surface area contributed by atoms with Gasteiger partial charge in [0.25, 0.3) is 0 Å². The van der Waals surface area contributed by atoms with Gasteiger partial charge in [-0.05, 0) is 91.2 Å². The Kier molecular flexibility index (Phi) is 6.70. The lowest BCUT2D eigenvalue weighted by molar-refractivity contribution is 0.0696. The van der Waals surface area contributed by atoms with Crippen LogP contribution in [0, 0.1) is 0 Å². The maximum absolute atomic E-state index is 11.3. The molecule has 1 N–H and O–H groups in total. The van der Waals surface area contributed by atoms with Crippen molar-refractivity contribution in [3.8, 4) is 5.75 Å². The minimum absolute atomic E-state index is 0.358. The van der Waals surface area contributed by atoms with Crippen LogP contribution in [0.4, 0.5) is 0 Å². The summed E-state index contributed by atoms with van der Waals surface area (Å²) in [5.74, 6) is 0.547. The minimum Gasteiger partial charge on any atom is -0.497 e. The number of fused-ring (bicyclic) bond motifs is 1. The number of ether oxygens (including phenoxy) is 1. The summed E-state index contributed by atoms with van der Waals surface area (Å²) >= 11 is 1.82. The van der Waals surface area contributed by atoms with Gasteiger partial charge in [0.15, 0.2) is 0 Å². The van der Waals surface area contributed by atoms with E-state index in [1.165, 1.54) is 21.3 Å². The van der Waals surface area contributed by atoms with Gasteiger partial charge in [-0.15, -0.1) is 11.3 Å². The highest BCUT2D eigenvalue weighted by Gasteiger charge is 2.24. The number of thiophene rings is 1. The van der Waals surface area contributed by atoms with Crippen LogP contribution in [0.25, 0.3) is 10.9 Å². The van der Waals surface area contributed by atoms with Crippen LogP contribution in [0.2, 0.25) is 0 Å². The van der Waals surface area contributed by atoms with Gasteiger partial charge in [-0.3, -0.25) is 4.90 Å². The van der Waals surface area contributed by atoms with Crippen molar-refractivity contribution in [1.82, 2.24) is 9.47 Å². The molecule has 176 valence electrons. The SMILES string of the molecule is COc1ccc2c(c1)c(C1CCN(Cc3cccc(C(=O)O)c3)CC1)cn2CCc1cccs1. The molecule has 0 saturated carbocycles. The van der Waals surface area contributed by atoms with E-state index >= 15 is 0 Å². The number of aromatic carboxylic acids is 1. The van der Waals surface area contributed by atoms with Crippen molar-refractivity contribution in [2.45, 2.75) is 38.3 Å². The molecular weight excluding hydrogens is 444 g/mol. The Morgan fingerprint density at radius 2 is 1.97 bits per heavy atom. The van der Waals surface area contributed by atoms with Gasteiger partial charge in [-0.1, -0.05) is 18.2 Å². The van der Waals surface area contributed by atoms with E-state index in [1.807, 2.05) is 23.5 Å². The number of likely N-dealkylation sites (tertiary alicyclic amines) is 1. The van der Waals surface area contributed by atoms with E-state index in [4.69, 9.17) is 4.74 Å². The molecule has 5 rings (SSSR count). The largest absolute Gasteiger partial charge is 0.497 e. The minimum atomic E-state index is -0.869. The molecule has 1 aliphatic heterocycles. The summed E-state index contributed by atoms with van der Waals surface area (Å²) in [5, 5.41) is 12.7. The summed E-state index contributed by atoms with van der Waals surface area (Å²) in [7, 11) is 1.73. The zero-order valence-electron chi connectivity index (χ0n) is 19.4. The first-order chi connectivity index (χ1) is 16.6. The number of rotatable bonds is 8. The predicted molar refractivity (Wildman–Crippen MR) is 137 cm³/mol. The molecule has 2 aromatic heterocycles. The molecule has 0 unspecified atom stereocenters. The lowest BCUT2D eigenvalue weighted by Crippen LogP contribution is -2.32. The second-order valence-corrected chi connectivity index (χ2v) is 10.1. The second-order valence-electron chi connectivity index (χ2n) is 9.05. The number of carboxylic acids is 1. The normalized spacial score (nSPS) is 15.1. The van der Waals surface area contributed by atoms with Crippen LogP contribution < -0.4 is 4.74 Å². The Hall–Kier alpha value is -3.09. The quantitative estimate of drug-likeness (QED) is 0.339. The van der Waals surface area contributed by atoms with Crippen molar-refractivity contribution in [2.24, 2.45) is 0 Å². The molecule has 0 amide bonds. The molecule has 2 aromatic carbocycles. The summed E-state index contributed by atoms with van der Waals surface area (Å²) in [6.07, 6.45) is 5.61. The standard InChI is InChI=1S/C28H30N2O3S/c1-33-23-7-8-27-25(17-23)26(19-30(27)14-11-24-6-3-15-34-24)21-9-12-29(13-10-21)18-20-4-2-5-22(16-20)28(31)32/h2-8,15-17,19,21H,9-14,18H2,1H3,(H,31,32). The van der Waals surface area contributed by atoms with Gasteiger partial charge in [-0.2, -0.15) is 0 Å². The molecule has 4 aromatic rings. The Morgan fingerprint density at radius 1 is 1.12 bits per heavy atom. The maximum Gasteiger partial charge on any atom is 0.335 e. The van der Waals surface area contributed by atoms with Crippen molar-refractivity contribution < 1.29 is 14.6 Å². The van der Waals surface area contributed by atoms with Gasteiger partial charge in [0.2, 0.25) is 0 Å². The van der Waals surface area contributed by atoms with Crippen LogP contribution in [0.1, 0.15) is 45.1 Å². The fourth-order valence-electron chi connectivity index (χ4n) is 5.09. The van der Waals surface area contributed by atoms with Crippen molar-refractivity contribution in [3.05, 3.63) is 87.7 Å². The summed E-state index contributed by atoms with van der Waals surface area (Å²) < 4.78 is 7.96. The van der Waals surface area contributed by atoms with E-state index in [9.17, 15) is 9.90 Å². The molecule has 5 nitrogen and oxygen atoms in total. The average Bonchev–Trinajstić information content (AvgIpc) is 3.51. The number of carboxylic acid groups (broad SMARTS) is 1. The topological polar surface area (TPSA) is 54.7 Å². The van der Waals surface area contributed by atoms with Crippen LogP contribution in [0.3, 0.4) is 0 Å². The first-order valence-corrected chi connectivity index (χ1v) is 12.7. The van der Waals surface area contributed by atoms with Crippen LogP contribution in [-0.2, 0) is 19.5 Å². The van der Waals surface area contributed by atoms with Crippen molar-refractivity contribution >= 4 is 28.2 Å². The summed E-state index contributed by atoms with van der Waals surface area (Å²) in [5.41, 5.74) is 4.12. The first kappa shape index (κ1) is 22.7. The van der Waals surface area contributed by atoms with Crippen LogP contribution >= 0.6 is 11.3 Å². The van der Waals surface area contributed by atoms with Crippen molar-refractivity contribution in [2.75, 3.05) is 20.2 Å². The van der Waals surface area contributed by atoms with E-state index in [2.05, 4.69) is 51.4 Å². The molecule has 1 saturated heterocycles. The Morgan fingerprint density at radius 3 is 2.71 bits per heavy atom. The van der Waals surface area contributed by atoms with Gasteiger partial charge in [-0.25, -0.2) is 4.79 Å². The van der Waals surface area contributed by atoms with E-state index in [0.717, 1.165) is 56.8 Å². The van der Waals surface area contributed by atoms with Gasteiger partial charge >= 0.3 is 5.97 Å². The lowest BCUT2D eigenvalue weighted by atomic mass is 9.89. The van der Waals surface area contributed by atoms with Crippen molar-refractivity contribution in [3.63, 3.8) is 0 Å². The molecule has 0 radical (unpaired) electrons. The van der Waals surface area contributed by atoms with Crippen LogP contribution in [0.5, 0.6) is 5.75 Å². The third-order valence-electron chi connectivity index (χ3n) is 6.91. The highest BCUT2D eigenvalue weighted by atomic mass is 32.1. The Balaban J connectivity index is 1.32. The number of hydrogen-bond acceptors (Lipinski definition) is 4. The number of nitrogens with zero attached hydrogens (tertiary/aromatic N) is 2. The number of methoxy groups -OCH3 is 1. The molecule has 1 aliphatic rings. The number of piperidine rings is 1. The molecule has 34 heavy (non-hydrogen) atoms. The zero-order chi connectivity index (χ0) is 23.5. The van der Waals surface area contributed by atoms with Gasteiger partial charge in [0.1, 0.15) is 5.75 Å². The monoisotopic (exact) mass is 474 g/mol. The highest BCUT2D eigenvalue weighted by Crippen LogP contribution is 2.36. The fourth-order valence-corrected chi connectivity index (χ4v) is 5.79. The fraction of sp³-hybridized carbons (Fsp3) is 0.321.